The number of carbonyl (C=O) groups excluding carboxylic acids is 1. The van der Waals surface area contributed by atoms with Gasteiger partial charge in [-0.15, -0.1) is 0 Å². The van der Waals surface area contributed by atoms with E-state index in [2.05, 4.69) is 5.32 Å². The molecule has 0 spiro atoms. The lowest BCUT2D eigenvalue weighted by molar-refractivity contribution is 0.102. The first-order valence-corrected chi connectivity index (χ1v) is 8.48. The highest BCUT2D eigenvalue weighted by atomic mass is 32.2. The van der Waals surface area contributed by atoms with Gasteiger partial charge in [0.2, 0.25) is 10.0 Å². The highest BCUT2D eigenvalue weighted by Gasteiger charge is 2.17. The largest absolute Gasteiger partial charge is 0.322 e. The molecule has 1 N–H and O–H groups in total. The quantitative estimate of drug-likeness (QED) is 0.922. The van der Waals surface area contributed by atoms with Crippen LogP contribution in [0, 0.1) is 0 Å². The lowest BCUT2D eigenvalue weighted by Gasteiger charge is -2.19. The highest BCUT2D eigenvalue weighted by molar-refractivity contribution is 7.92. The first-order valence-electron chi connectivity index (χ1n) is 6.87. The molecule has 0 bridgehead atoms. The SMILES string of the molecule is CCS(=O)(=O)N(C)c1cccc(C(=O)Nc2ccccc2)c1. The standard InChI is InChI=1S/C16H18N2O3S/c1-3-22(20,21)18(2)15-11-7-8-13(12-15)16(19)17-14-9-5-4-6-10-14/h4-12H,3H2,1-2H3,(H,17,19). The molecule has 0 aliphatic carbocycles. The molecule has 0 fully saturated rings. The van der Waals surface area contributed by atoms with Crippen molar-refractivity contribution in [3.05, 3.63) is 60.2 Å². The zero-order valence-corrected chi connectivity index (χ0v) is 13.3. The Hall–Kier alpha value is -2.34. The molecule has 0 unspecified atom stereocenters. The van der Waals surface area contributed by atoms with Crippen LogP contribution in [-0.4, -0.2) is 27.1 Å². The Kier molecular flexibility index (Phi) is 4.82. The van der Waals surface area contributed by atoms with Gasteiger partial charge in [0.15, 0.2) is 0 Å². The van der Waals surface area contributed by atoms with Crippen molar-refractivity contribution in [1.29, 1.82) is 0 Å². The van der Waals surface area contributed by atoms with E-state index in [-0.39, 0.29) is 11.7 Å². The summed E-state index contributed by atoms with van der Waals surface area (Å²) in [7, 11) is -1.87. The molecular weight excluding hydrogens is 300 g/mol. The van der Waals surface area contributed by atoms with Crippen molar-refractivity contribution in [3.63, 3.8) is 0 Å². The van der Waals surface area contributed by atoms with Crippen LogP contribution in [0.4, 0.5) is 11.4 Å². The number of carbonyl (C=O) groups is 1. The van der Waals surface area contributed by atoms with Crippen LogP contribution in [-0.2, 0) is 10.0 Å². The molecule has 0 aromatic heterocycles. The monoisotopic (exact) mass is 318 g/mol. The van der Waals surface area contributed by atoms with E-state index in [4.69, 9.17) is 0 Å². The van der Waals surface area contributed by atoms with Crippen LogP contribution in [0.15, 0.2) is 54.6 Å². The van der Waals surface area contributed by atoms with Crippen molar-refractivity contribution in [2.75, 3.05) is 22.4 Å². The van der Waals surface area contributed by atoms with Crippen molar-refractivity contribution in [2.24, 2.45) is 0 Å². The molecule has 0 saturated carbocycles. The first kappa shape index (κ1) is 16.0. The van der Waals surface area contributed by atoms with Crippen molar-refractivity contribution in [2.45, 2.75) is 6.92 Å². The molecule has 116 valence electrons. The normalized spacial score (nSPS) is 11.0. The number of rotatable bonds is 5. The summed E-state index contributed by atoms with van der Waals surface area (Å²) in [5.74, 6) is -0.278. The average Bonchev–Trinajstić information content (AvgIpc) is 2.55. The lowest BCUT2D eigenvalue weighted by Crippen LogP contribution is -2.28. The van der Waals surface area contributed by atoms with Crippen LogP contribution in [0.3, 0.4) is 0 Å². The maximum absolute atomic E-state index is 12.2. The Morgan fingerprint density at radius 2 is 1.77 bits per heavy atom. The molecular formula is C16H18N2O3S. The van der Waals surface area contributed by atoms with Crippen molar-refractivity contribution >= 4 is 27.3 Å². The number of anilines is 2. The number of benzene rings is 2. The summed E-state index contributed by atoms with van der Waals surface area (Å²) in [6.07, 6.45) is 0. The predicted molar refractivity (Wildman–Crippen MR) is 88.7 cm³/mol. The fourth-order valence-corrected chi connectivity index (χ4v) is 2.74. The van der Waals surface area contributed by atoms with Crippen LogP contribution in [0.2, 0.25) is 0 Å². The summed E-state index contributed by atoms with van der Waals surface area (Å²) >= 11 is 0. The summed E-state index contributed by atoms with van der Waals surface area (Å²) in [5.41, 5.74) is 1.55. The van der Waals surface area contributed by atoms with Crippen LogP contribution in [0.5, 0.6) is 0 Å². The number of para-hydroxylation sites is 1. The Morgan fingerprint density at radius 3 is 2.41 bits per heavy atom. The maximum atomic E-state index is 12.2. The summed E-state index contributed by atoms with van der Waals surface area (Å²) < 4.78 is 25.0. The summed E-state index contributed by atoms with van der Waals surface area (Å²) in [4.78, 5) is 12.2. The number of nitrogens with one attached hydrogen (secondary N) is 1. The van der Waals surface area contributed by atoms with Gasteiger partial charge in [-0.1, -0.05) is 24.3 Å². The minimum Gasteiger partial charge on any atom is -0.322 e. The van der Waals surface area contributed by atoms with Gasteiger partial charge in [-0.3, -0.25) is 9.10 Å². The smallest absolute Gasteiger partial charge is 0.255 e. The maximum Gasteiger partial charge on any atom is 0.255 e. The van der Waals surface area contributed by atoms with Crippen molar-refractivity contribution in [1.82, 2.24) is 0 Å². The van der Waals surface area contributed by atoms with E-state index in [0.29, 0.717) is 16.9 Å². The van der Waals surface area contributed by atoms with E-state index >= 15 is 0 Å². The van der Waals surface area contributed by atoms with Gasteiger partial charge in [0, 0.05) is 18.3 Å². The highest BCUT2D eigenvalue weighted by Crippen LogP contribution is 2.19. The second kappa shape index (κ2) is 6.62. The van der Waals surface area contributed by atoms with E-state index in [9.17, 15) is 13.2 Å². The molecule has 2 rings (SSSR count). The summed E-state index contributed by atoms with van der Waals surface area (Å²) in [6.45, 7) is 1.58. The zero-order valence-electron chi connectivity index (χ0n) is 12.5. The molecule has 22 heavy (non-hydrogen) atoms. The van der Waals surface area contributed by atoms with Crippen LogP contribution >= 0.6 is 0 Å². The van der Waals surface area contributed by atoms with Gasteiger partial charge in [-0.25, -0.2) is 8.42 Å². The molecule has 1 amide bonds. The lowest BCUT2D eigenvalue weighted by atomic mass is 10.2. The summed E-state index contributed by atoms with van der Waals surface area (Å²) in [5, 5.41) is 2.77. The van der Waals surface area contributed by atoms with Crippen LogP contribution < -0.4 is 9.62 Å². The van der Waals surface area contributed by atoms with E-state index in [1.165, 1.54) is 11.4 Å². The molecule has 2 aromatic carbocycles. The number of nitrogens with zero attached hydrogens (tertiary/aromatic N) is 1. The molecule has 0 saturated heterocycles. The Balaban J connectivity index is 2.23. The third-order valence-corrected chi connectivity index (χ3v) is 5.06. The molecule has 0 atom stereocenters. The number of amides is 1. The van der Waals surface area contributed by atoms with Gasteiger partial charge in [-0.05, 0) is 37.3 Å². The number of sulfonamides is 1. The predicted octanol–water partition coefficient (Wildman–Crippen LogP) is 2.72. The van der Waals surface area contributed by atoms with Gasteiger partial charge < -0.3 is 5.32 Å². The van der Waals surface area contributed by atoms with E-state index in [0.717, 1.165) is 0 Å². The minimum atomic E-state index is -3.35. The second-order valence-electron chi connectivity index (χ2n) is 4.74. The van der Waals surface area contributed by atoms with E-state index in [1.54, 1.807) is 43.3 Å². The topological polar surface area (TPSA) is 66.5 Å². The molecule has 2 aromatic rings. The Labute approximate surface area is 130 Å². The molecule has 0 heterocycles. The average molecular weight is 318 g/mol. The molecule has 6 heteroatoms. The van der Waals surface area contributed by atoms with Crippen molar-refractivity contribution in [3.8, 4) is 0 Å². The third-order valence-electron chi connectivity index (χ3n) is 3.29. The van der Waals surface area contributed by atoms with Crippen molar-refractivity contribution < 1.29 is 13.2 Å². The molecule has 0 aliphatic heterocycles. The second-order valence-corrected chi connectivity index (χ2v) is 7.03. The minimum absolute atomic E-state index is 0.00391. The van der Waals surface area contributed by atoms with Crippen LogP contribution in [0.1, 0.15) is 17.3 Å². The van der Waals surface area contributed by atoms with E-state index < -0.39 is 10.0 Å². The van der Waals surface area contributed by atoms with Gasteiger partial charge >= 0.3 is 0 Å². The van der Waals surface area contributed by atoms with E-state index in [1.807, 2.05) is 18.2 Å². The fourth-order valence-electron chi connectivity index (χ4n) is 1.92. The summed E-state index contributed by atoms with van der Waals surface area (Å²) in [6, 6.07) is 15.6. The molecule has 5 nitrogen and oxygen atoms in total. The van der Waals surface area contributed by atoms with Gasteiger partial charge in [0.05, 0.1) is 11.4 Å². The zero-order chi connectivity index (χ0) is 16.2. The molecule has 0 aliphatic rings. The van der Waals surface area contributed by atoms with Crippen LogP contribution in [0.25, 0.3) is 0 Å². The van der Waals surface area contributed by atoms with Gasteiger partial charge in [-0.2, -0.15) is 0 Å². The fraction of sp³-hybridized carbons (Fsp3) is 0.188. The Morgan fingerprint density at radius 1 is 1.09 bits per heavy atom. The molecule has 0 radical (unpaired) electrons. The Bertz CT molecular complexity index is 758. The number of hydrogen-bond donors (Lipinski definition) is 1. The first-order chi connectivity index (χ1) is 10.4. The number of hydrogen-bond acceptors (Lipinski definition) is 3. The van der Waals surface area contributed by atoms with Gasteiger partial charge in [0.1, 0.15) is 0 Å². The van der Waals surface area contributed by atoms with Gasteiger partial charge in [0.25, 0.3) is 5.91 Å². The third kappa shape index (κ3) is 3.65.